The first-order chi connectivity index (χ1) is 6.15. The van der Waals surface area contributed by atoms with Gasteiger partial charge in [-0.25, -0.2) is 8.78 Å². The fourth-order valence-corrected chi connectivity index (χ4v) is 1.20. The SMILES string of the molecule is CCC[C@@H](O)c1ccc(F)cc1F. The Hall–Kier alpha value is -0.960. The molecule has 0 radical (unpaired) electrons. The Balaban J connectivity index is 2.88. The Kier molecular flexibility index (Phi) is 3.37. The number of halogens is 2. The highest BCUT2D eigenvalue weighted by Crippen LogP contribution is 2.21. The lowest BCUT2D eigenvalue weighted by atomic mass is 10.0. The number of hydrogen-bond acceptors (Lipinski definition) is 1. The average molecular weight is 186 g/mol. The Morgan fingerprint density at radius 1 is 1.38 bits per heavy atom. The molecule has 1 atom stereocenters. The van der Waals surface area contributed by atoms with Gasteiger partial charge in [-0.1, -0.05) is 19.4 Å². The molecule has 3 heteroatoms. The molecule has 0 spiro atoms. The summed E-state index contributed by atoms with van der Waals surface area (Å²) in [6.45, 7) is 1.89. The molecule has 1 aromatic rings. The lowest BCUT2D eigenvalue weighted by Gasteiger charge is -2.10. The smallest absolute Gasteiger partial charge is 0.131 e. The predicted molar refractivity (Wildman–Crippen MR) is 46.2 cm³/mol. The van der Waals surface area contributed by atoms with Crippen molar-refractivity contribution >= 4 is 0 Å². The highest BCUT2D eigenvalue weighted by Gasteiger charge is 2.11. The van der Waals surface area contributed by atoms with Gasteiger partial charge in [-0.2, -0.15) is 0 Å². The molecule has 0 saturated heterocycles. The van der Waals surface area contributed by atoms with Crippen LogP contribution in [0.25, 0.3) is 0 Å². The van der Waals surface area contributed by atoms with E-state index in [0.717, 1.165) is 18.6 Å². The van der Waals surface area contributed by atoms with Crippen LogP contribution in [-0.4, -0.2) is 5.11 Å². The average Bonchev–Trinajstić information content (AvgIpc) is 2.04. The molecule has 1 nitrogen and oxygen atoms in total. The maximum absolute atomic E-state index is 13.0. The van der Waals surface area contributed by atoms with Crippen LogP contribution in [0.15, 0.2) is 18.2 Å². The van der Waals surface area contributed by atoms with Gasteiger partial charge in [0.1, 0.15) is 11.6 Å². The van der Waals surface area contributed by atoms with Crippen LogP contribution in [-0.2, 0) is 0 Å². The number of aliphatic hydroxyl groups is 1. The van der Waals surface area contributed by atoms with Crippen molar-refractivity contribution in [2.24, 2.45) is 0 Å². The number of benzene rings is 1. The molecule has 0 heterocycles. The molecule has 0 fully saturated rings. The molecule has 1 rings (SSSR count). The van der Waals surface area contributed by atoms with Crippen molar-refractivity contribution in [2.45, 2.75) is 25.9 Å². The summed E-state index contributed by atoms with van der Waals surface area (Å²) >= 11 is 0. The quantitative estimate of drug-likeness (QED) is 0.769. The zero-order valence-electron chi connectivity index (χ0n) is 7.43. The molecule has 1 aromatic carbocycles. The van der Waals surface area contributed by atoms with Crippen molar-refractivity contribution in [1.82, 2.24) is 0 Å². The van der Waals surface area contributed by atoms with Crippen LogP contribution >= 0.6 is 0 Å². The maximum atomic E-state index is 13.0. The standard InChI is InChI=1S/C10H12F2O/c1-2-3-10(13)8-5-4-7(11)6-9(8)12/h4-6,10,13H,2-3H2,1H3/t10-/m1/s1. The Bertz CT molecular complexity index is 286. The molecular formula is C10H12F2O. The summed E-state index contributed by atoms with van der Waals surface area (Å²) in [7, 11) is 0. The molecule has 0 bridgehead atoms. The summed E-state index contributed by atoms with van der Waals surface area (Å²) in [4.78, 5) is 0. The van der Waals surface area contributed by atoms with E-state index in [1.54, 1.807) is 0 Å². The van der Waals surface area contributed by atoms with Gasteiger partial charge in [-0.15, -0.1) is 0 Å². The third-order valence-electron chi connectivity index (χ3n) is 1.88. The van der Waals surface area contributed by atoms with E-state index in [4.69, 9.17) is 0 Å². The summed E-state index contributed by atoms with van der Waals surface area (Å²) in [5, 5.41) is 9.43. The van der Waals surface area contributed by atoms with E-state index < -0.39 is 17.7 Å². The monoisotopic (exact) mass is 186 g/mol. The van der Waals surface area contributed by atoms with E-state index in [9.17, 15) is 13.9 Å². The van der Waals surface area contributed by atoms with Crippen molar-refractivity contribution in [2.75, 3.05) is 0 Å². The zero-order chi connectivity index (χ0) is 9.84. The topological polar surface area (TPSA) is 20.2 Å². The first kappa shape index (κ1) is 10.1. The van der Waals surface area contributed by atoms with Crippen LogP contribution in [0.2, 0.25) is 0 Å². The van der Waals surface area contributed by atoms with Gasteiger partial charge in [0.15, 0.2) is 0 Å². The molecule has 0 aliphatic rings. The Morgan fingerprint density at radius 2 is 2.08 bits per heavy atom. The van der Waals surface area contributed by atoms with Crippen LogP contribution in [0.4, 0.5) is 8.78 Å². The summed E-state index contributed by atoms with van der Waals surface area (Å²) in [6.07, 6.45) is 0.422. The molecule has 1 N–H and O–H groups in total. The molecule has 72 valence electrons. The second kappa shape index (κ2) is 4.33. The van der Waals surface area contributed by atoms with E-state index in [-0.39, 0.29) is 5.56 Å². The molecule has 0 saturated carbocycles. The van der Waals surface area contributed by atoms with Gasteiger partial charge >= 0.3 is 0 Å². The third kappa shape index (κ3) is 2.49. The predicted octanol–water partition coefficient (Wildman–Crippen LogP) is 2.80. The lowest BCUT2D eigenvalue weighted by Crippen LogP contribution is -2.00. The van der Waals surface area contributed by atoms with Gasteiger partial charge in [0.2, 0.25) is 0 Å². The van der Waals surface area contributed by atoms with Crippen molar-refractivity contribution < 1.29 is 13.9 Å². The van der Waals surface area contributed by atoms with Crippen molar-refractivity contribution in [1.29, 1.82) is 0 Å². The van der Waals surface area contributed by atoms with Crippen LogP contribution < -0.4 is 0 Å². The Labute approximate surface area is 76.0 Å². The normalized spacial score (nSPS) is 12.9. The number of aliphatic hydroxyl groups excluding tert-OH is 1. The van der Waals surface area contributed by atoms with Crippen molar-refractivity contribution in [3.05, 3.63) is 35.4 Å². The molecular weight excluding hydrogens is 174 g/mol. The minimum Gasteiger partial charge on any atom is -0.388 e. The fourth-order valence-electron chi connectivity index (χ4n) is 1.20. The van der Waals surface area contributed by atoms with E-state index in [0.29, 0.717) is 6.42 Å². The van der Waals surface area contributed by atoms with E-state index in [1.165, 1.54) is 6.07 Å². The van der Waals surface area contributed by atoms with E-state index in [1.807, 2.05) is 6.92 Å². The van der Waals surface area contributed by atoms with Gasteiger partial charge in [-0.3, -0.25) is 0 Å². The van der Waals surface area contributed by atoms with Crippen molar-refractivity contribution in [3.8, 4) is 0 Å². The first-order valence-corrected chi connectivity index (χ1v) is 4.28. The maximum Gasteiger partial charge on any atom is 0.131 e. The lowest BCUT2D eigenvalue weighted by molar-refractivity contribution is 0.161. The third-order valence-corrected chi connectivity index (χ3v) is 1.88. The molecule has 0 aliphatic heterocycles. The minimum atomic E-state index is -0.828. The second-order valence-corrected chi connectivity index (χ2v) is 2.97. The van der Waals surface area contributed by atoms with Crippen LogP contribution in [0.5, 0.6) is 0 Å². The first-order valence-electron chi connectivity index (χ1n) is 4.28. The van der Waals surface area contributed by atoms with Gasteiger partial charge < -0.3 is 5.11 Å². The minimum absolute atomic E-state index is 0.170. The molecule has 0 aliphatic carbocycles. The molecule has 0 unspecified atom stereocenters. The Morgan fingerprint density at radius 3 is 2.62 bits per heavy atom. The highest BCUT2D eigenvalue weighted by molar-refractivity contribution is 5.20. The van der Waals surface area contributed by atoms with Crippen LogP contribution in [0.3, 0.4) is 0 Å². The summed E-state index contributed by atoms with van der Waals surface area (Å²) in [5.74, 6) is -1.30. The zero-order valence-corrected chi connectivity index (χ0v) is 7.43. The largest absolute Gasteiger partial charge is 0.388 e. The fraction of sp³-hybridized carbons (Fsp3) is 0.400. The van der Waals surface area contributed by atoms with Crippen LogP contribution in [0.1, 0.15) is 31.4 Å². The van der Waals surface area contributed by atoms with E-state index >= 15 is 0 Å². The second-order valence-electron chi connectivity index (χ2n) is 2.97. The van der Waals surface area contributed by atoms with Crippen LogP contribution in [0, 0.1) is 11.6 Å². The van der Waals surface area contributed by atoms with Crippen molar-refractivity contribution in [3.63, 3.8) is 0 Å². The van der Waals surface area contributed by atoms with E-state index in [2.05, 4.69) is 0 Å². The van der Waals surface area contributed by atoms with Gasteiger partial charge in [-0.05, 0) is 12.5 Å². The summed E-state index contributed by atoms with van der Waals surface area (Å²) in [6, 6.07) is 3.22. The number of hydrogen-bond donors (Lipinski definition) is 1. The highest BCUT2D eigenvalue weighted by atomic mass is 19.1. The van der Waals surface area contributed by atoms with Gasteiger partial charge in [0.05, 0.1) is 6.10 Å². The number of rotatable bonds is 3. The summed E-state index contributed by atoms with van der Waals surface area (Å²) < 4.78 is 25.5. The van der Waals surface area contributed by atoms with Gasteiger partial charge in [0.25, 0.3) is 0 Å². The van der Waals surface area contributed by atoms with Gasteiger partial charge in [0, 0.05) is 11.6 Å². The molecule has 0 aromatic heterocycles. The molecule has 13 heavy (non-hydrogen) atoms. The summed E-state index contributed by atoms with van der Waals surface area (Å²) in [5.41, 5.74) is 0.170. The molecule has 0 amide bonds.